The lowest BCUT2D eigenvalue weighted by molar-refractivity contribution is -0.143. The minimum atomic E-state index is -4.98. The molecule has 1 fully saturated rings. The van der Waals surface area contributed by atoms with Crippen LogP contribution in [0.25, 0.3) is 0 Å². The van der Waals surface area contributed by atoms with E-state index in [4.69, 9.17) is 4.74 Å². The number of ether oxygens (including phenoxy) is 1. The van der Waals surface area contributed by atoms with Crippen LogP contribution < -0.4 is 11.0 Å². The first-order valence-electron chi connectivity index (χ1n) is 11.6. The molecular weight excluding hydrogens is 518 g/mol. The first-order valence-corrected chi connectivity index (χ1v) is 11.6. The van der Waals surface area contributed by atoms with Crippen molar-refractivity contribution >= 4 is 6.29 Å². The Balaban J connectivity index is 1.62. The van der Waals surface area contributed by atoms with Gasteiger partial charge < -0.3 is 14.8 Å². The number of piperidine rings is 1. The van der Waals surface area contributed by atoms with Gasteiger partial charge in [0.2, 0.25) is 0 Å². The lowest BCUT2D eigenvalue weighted by Gasteiger charge is -2.45. The van der Waals surface area contributed by atoms with E-state index in [2.05, 4.69) is 15.5 Å². The number of rotatable bonds is 7. The minimum Gasteiger partial charge on any atom is -0.372 e. The highest BCUT2D eigenvalue weighted by atomic mass is 19.4. The number of aromatic nitrogens is 3. The Morgan fingerprint density at radius 1 is 1.05 bits per heavy atom. The van der Waals surface area contributed by atoms with E-state index in [1.807, 2.05) is 0 Å². The Morgan fingerprint density at radius 3 is 2.16 bits per heavy atom. The smallest absolute Gasteiger partial charge is 0.372 e. The highest BCUT2D eigenvalue weighted by Crippen LogP contribution is 2.40. The number of aldehydes is 1. The van der Waals surface area contributed by atoms with Crippen molar-refractivity contribution in [2.24, 2.45) is 0 Å². The molecular formula is C25H24F6N4O3. The fraction of sp³-hybridized carbons (Fsp3) is 0.400. The monoisotopic (exact) mass is 542 g/mol. The third-order valence-electron chi connectivity index (χ3n) is 6.95. The fourth-order valence-corrected chi connectivity index (χ4v) is 4.64. The zero-order valence-electron chi connectivity index (χ0n) is 20.1. The van der Waals surface area contributed by atoms with Crippen LogP contribution in [0.3, 0.4) is 0 Å². The van der Waals surface area contributed by atoms with Gasteiger partial charge in [-0.3, -0.25) is 4.57 Å². The van der Waals surface area contributed by atoms with E-state index in [1.54, 1.807) is 30.3 Å². The Morgan fingerprint density at radius 2 is 1.68 bits per heavy atom. The maximum atomic E-state index is 13.3. The van der Waals surface area contributed by atoms with Crippen LogP contribution in [0.2, 0.25) is 0 Å². The van der Waals surface area contributed by atoms with Crippen molar-refractivity contribution in [1.29, 1.82) is 0 Å². The first kappa shape index (κ1) is 27.6. The van der Waals surface area contributed by atoms with Crippen molar-refractivity contribution in [3.05, 3.63) is 87.6 Å². The van der Waals surface area contributed by atoms with E-state index in [0.29, 0.717) is 18.4 Å². The lowest BCUT2D eigenvalue weighted by Crippen LogP contribution is -2.60. The lowest BCUT2D eigenvalue weighted by atomic mass is 9.76. The predicted octanol–water partition coefficient (Wildman–Crippen LogP) is 4.56. The van der Waals surface area contributed by atoms with Gasteiger partial charge in [-0.1, -0.05) is 30.3 Å². The Kier molecular flexibility index (Phi) is 7.28. The van der Waals surface area contributed by atoms with Gasteiger partial charge in [-0.2, -0.15) is 31.4 Å². The molecule has 0 radical (unpaired) electrons. The third kappa shape index (κ3) is 5.39. The molecule has 0 bridgehead atoms. The average Bonchev–Trinajstić information content (AvgIpc) is 3.33. The number of nitrogens with zero attached hydrogens (tertiary/aromatic N) is 2. The zero-order valence-corrected chi connectivity index (χ0v) is 20.1. The molecule has 0 spiro atoms. The van der Waals surface area contributed by atoms with Crippen LogP contribution in [0.15, 0.2) is 59.7 Å². The molecule has 1 saturated heterocycles. The van der Waals surface area contributed by atoms with Gasteiger partial charge in [0, 0.05) is 6.54 Å². The van der Waals surface area contributed by atoms with Crippen LogP contribution >= 0.6 is 0 Å². The molecule has 1 aliphatic heterocycles. The van der Waals surface area contributed by atoms with Crippen LogP contribution in [0.1, 0.15) is 48.1 Å². The quantitative estimate of drug-likeness (QED) is 0.338. The Labute approximate surface area is 212 Å². The van der Waals surface area contributed by atoms with E-state index >= 15 is 0 Å². The third-order valence-corrected chi connectivity index (χ3v) is 6.95. The number of alkyl halides is 6. The summed E-state index contributed by atoms with van der Waals surface area (Å²) in [5.74, 6) is 0. The Bertz CT molecular complexity index is 1290. The fourth-order valence-electron chi connectivity index (χ4n) is 4.64. The molecule has 0 amide bonds. The van der Waals surface area contributed by atoms with Crippen LogP contribution in [-0.4, -0.2) is 34.2 Å². The molecule has 3 atom stereocenters. The molecule has 204 valence electrons. The molecule has 4 rings (SSSR count). The molecule has 13 heteroatoms. The molecule has 3 aromatic rings. The van der Waals surface area contributed by atoms with Gasteiger partial charge in [-0.15, -0.1) is 0 Å². The van der Waals surface area contributed by atoms with Crippen molar-refractivity contribution in [2.45, 2.75) is 49.3 Å². The van der Waals surface area contributed by atoms with Crippen LogP contribution in [0, 0.1) is 0 Å². The number of hydrogen-bond donors (Lipinski definition) is 2. The van der Waals surface area contributed by atoms with E-state index in [9.17, 15) is 35.9 Å². The second-order valence-electron chi connectivity index (χ2n) is 9.35. The number of halogens is 6. The van der Waals surface area contributed by atoms with Gasteiger partial charge in [0.05, 0.1) is 29.4 Å². The number of aromatic amines is 1. The molecule has 1 aromatic heterocycles. The summed E-state index contributed by atoms with van der Waals surface area (Å²) in [5.41, 5.74) is -5.13. The maximum absolute atomic E-state index is 13.3. The van der Waals surface area contributed by atoms with E-state index < -0.39 is 46.4 Å². The Hall–Kier alpha value is -3.45. The number of carbonyl (C=O) groups is 1. The van der Waals surface area contributed by atoms with E-state index in [1.165, 1.54) is 17.8 Å². The van der Waals surface area contributed by atoms with E-state index in [-0.39, 0.29) is 37.6 Å². The first-order chi connectivity index (χ1) is 17.8. The van der Waals surface area contributed by atoms with Gasteiger partial charge >= 0.3 is 18.0 Å². The topological polar surface area (TPSA) is 89.0 Å². The van der Waals surface area contributed by atoms with Gasteiger partial charge in [0.25, 0.3) is 0 Å². The van der Waals surface area contributed by atoms with Crippen molar-refractivity contribution in [2.75, 3.05) is 13.2 Å². The largest absolute Gasteiger partial charge is 0.416 e. The molecule has 2 aromatic carbocycles. The van der Waals surface area contributed by atoms with Gasteiger partial charge in [0.15, 0.2) is 0 Å². The van der Waals surface area contributed by atoms with Crippen molar-refractivity contribution < 1.29 is 35.9 Å². The number of benzene rings is 2. The molecule has 0 unspecified atom stereocenters. The van der Waals surface area contributed by atoms with Crippen molar-refractivity contribution in [1.82, 2.24) is 20.1 Å². The average molecular weight is 542 g/mol. The number of hydrogen-bond acceptors (Lipinski definition) is 5. The summed E-state index contributed by atoms with van der Waals surface area (Å²) < 4.78 is 87.1. The molecule has 2 N–H and O–H groups in total. The van der Waals surface area contributed by atoms with Gasteiger partial charge in [-0.25, -0.2) is 9.89 Å². The molecule has 1 aliphatic rings. The molecule has 7 nitrogen and oxygen atoms in total. The standard InChI is InChI=1S/C25H24F6N4O3/c1-16(17-9-19(24(26,27)28)11-20(10-17)25(29,30)31)38-14-23(18-5-3-2-4-6-18)8-7-22(13-36,12-32-23)35-15-33-34-21(35)37/h2-6,9-11,13,15-16,32H,7-8,12,14H2,1H3,(H,34,37)/t16-,22-,23-/m1/s1. The maximum Gasteiger partial charge on any atom is 0.416 e. The highest BCUT2D eigenvalue weighted by Gasteiger charge is 2.46. The molecule has 0 aliphatic carbocycles. The molecule has 0 saturated carbocycles. The summed E-state index contributed by atoms with van der Waals surface area (Å²) in [6.45, 7) is 1.24. The van der Waals surface area contributed by atoms with Crippen LogP contribution in [-0.2, 0) is 33.0 Å². The van der Waals surface area contributed by atoms with Crippen molar-refractivity contribution in [3.63, 3.8) is 0 Å². The zero-order chi connectivity index (χ0) is 27.8. The number of carbonyl (C=O) groups excluding carboxylic acids is 1. The summed E-state index contributed by atoms with van der Waals surface area (Å²) in [4.78, 5) is 24.3. The van der Waals surface area contributed by atoms with Gasteiger partial charge in [0.1, 0.15) is 18.2 Å². The van der Waals surface area contributed by atoms with Gasteiger partial charge in [-0.05, 0) is 49.1 Å². The number of H-pyrrole nitrogens is 1. The SMILES string of the molecule is C[C@@H](OC[C@@]1(c2ccccc2)CC[C@@](C=O)(n2cn[nH]c2=O)CN1)c1cc(C(F)(F)F)cc(C(F)(F)F)c1. The second-order valence-corrected chi connectivity index (χ2v) is 9.35. The summed E-state index contributed by atoms with van der Waals surface area (Å²) in [6, 6.07) is 10.3. The molecule has 2 heterocycles. The second kappa shape index (κ2) is 10.0. The predicted molar refractivity (Wildman–Crippen MR) is 123 cm³/mol. The van der Waals surface area contributed by atoms with E-state index in [0.717, 1.165) is 5.56 Å². The summed E-state index contributed by atoms with van der Waals surface area (Å²) in [5, 5.41) is 9.20. The minimum absolute atomic E-state index is 0.00432. The summed E-state index contributed by atoms with van der Waals surface area (Å²) >= 11 is 0. The van der Waals surface area contributed by atoms with Crippen molar-refractivity contribution in [3.8, 4) is 0 Å². The van der Waals surface area contributed by atoms with Crippen LogP contribution in [0.5, 0.6) is 0 Å². The normalized spacial score (nSPS) is 23.2. The number of nitrogens with one attached hydrogen (secondary N) is 2. The van der Waals surface area contributed by atoms with Crippen LogP contribution in [0.4, 0.5) is 26.3 Å². The molecule has 38 heavy (non-hydrogen) atoms. The highest BCUT2D eigenvalue weighted by molar-refractivity contribution is 5.63. The summed E-state index contributed by atoms with van der Waals surface area (Å²) in [7, 11) is 0. The summed E-state index contributed by atoms with van der Waals surface area (Å²) in [6.07, 6.45) is -8.76.